The zero-order valence-corrected chi connectivity index (χ0v) is 13.9. The number of hydrogen-bond acceptors (Lipinski definition) is 4. The van der Waals surface area contributed by atoms with Crippen molar-refractivity contribution in [3.05, 3.63) is 16.7 Å². The maximum atomic E-state index is 11.0. The molecule has 19 heavy (non-hydrogen) atoms. The lowest BCUT2D eigenvalue weighted by atomic mass is 10.1. The van der Waals surface area contributed by atoms with Gasteiger partial charge < -0.3 is 16.6 Å². The van der Waals surface area contributed by atoms with Crippen LogP contribution >= 0.6 is 23.4 Å². The molecule has 1 aromatic rings. The van der Waals surface area contributed by atoms with Crippen LogP contribution in [0.3, 0.4) is 0 Å². The molecule has 0 unspecified atom stereocenters. The van der Waals surface area contributed by atoms with Crippen LogP contribution in [-0.2, 0) is 0 Å². The van der Waals surface area contributed by atoms with Gasteiger partial charge in [0.1, 0.15) is 0 Å². The number of benzene rings is 1. The molecule has 1 aromatic carbocycles. The van der Waals surface area contributed by atoms with E-state index in [0.717, 1.165) is 11.8 Å². The summed E-state index contributed by atoms with van der Waals surface area (Å²) in [6.07, 6.45) is 0. The first-order valence-corrected chi connectivity index (χ1v) is 10.9. The first-order valence-electron chi connectivity index (χ1n) is 5.87. The van der Waals surface area contributed by atoms with E-state index in [4.69, 9.17) is 28.2 Å². The van der Waals surface area contributed by atoms with E-state index in [1.165, 1.54) is 17.8 Å². The third kappa shape index (κ3) is 4.33. The second-order valence-electron chi connectivity index (χ2n) is 5.53. The molecule has 0 saturated heterocycles. The molecule has 7 heteroatoms. The quantitative estimate of drug-likeness (QED) is 0.438. The summed E-state index contributed by atoms with van der Waals surface area (Å²) in [6.45, 7) is 6.88. The number of carboxylic acid groups (broad SMARTS) is 1. The number of nitrogen functional groups attached to an aromatic ring is 2. The average Bonchev–Trinajstić information content (AvgIpc) is 2.26. The number of thioether (sulfide) groups is 1. The van der Waals surface area contributed by atoms with E-state index in [1.54, 1.807) is 0 Å². The van der Waals surface area contributed by atoms with Gasteiger partial charge in [0.05, 0.1) is 21.2 Å². The SMILES string of the molecule is C[Si](C)(C)CCSc1c(N)cc(C(=O)O)c(N)c1Cl. The minimum absolute atomic E-state index is 0.0444. The lowest BCUT2D eigenvalue weighted by molar-refractivity contribution is 0.0698. The van der Waals surface area contributed by atoms with E-state index in [9.17, 15) is 4.79 Å². The third-order valence-electron chi connectivity index (χ3n) is 2.62. The van der Waals surface area contributed by atoms with Crippen molar-refractivity contribution in [1.29, 1.82) is 0 Å². The number of hydrogen-bond donors (Lipinski definition) is 3. The summed E-state index contributed by atoms with van der Waals surface area (Å²) in [4.78, 5) is 11.7. The van der Waals surface area contributed by atoms with Crippen molar-refractivity contribution in [2.45, 2.75) is 30.6 Å². The molecular formula is C12H19ClN2O2SSi. The second-order valence-corrected chi connectivity index (χ2v) is 12.6. The molecule has 0 saturated carbocycles. The number of aromatic carboxylic acids is 1. The molecule has 0 spiro atoms. The Morgan fingerprint density at radius 3 is 2.47 bits per heavy atom. The number of halogens is 1. The van der Waals surface area contributed by atoms with Gasteiger partial charge in [-0.3, -0.25) is 0 Å². The molecule has 4 nitrogen and oxygen atoms in total. The van der Waals surface area contributed by atoms with E-state index in [0.29, 0.717) is 10.6 Å². The Balaban J connectivity index is 2.97. The summed E-state index contributed by atoms with van der Waals surface area (Å²) in [5, 5.41) is 9.24. The van der Waals surface area contributed by atoms with Gasteiger partial charge in [-0.15, -0.1) is 11.8 Å². The largest absolute Gasteiger partial charge is 0.478 e. The van der Waals surface area contributed by atoms with Gasteiger partial charge >= 0.3 is 5.97 Å². The molecule has 0 fully saturated rings. The molecule has 0 atom stereocenters. The Kier molecular flexibility index (Phi) is 5.17. The highest BCUT2D eigenvalue weighted by atomic mass is 35.5. The highest BCUT2D eigenvalue weighted by Gasteiger charge is 2.19. The molecule has 0 amide bonds. The smallest absolute Gasteiger partial charge is 0.337 e. The van der Waals surface area contributed by atoms with E-state index >= 15 is 0 Å². The van der Waals surface area contributed by atoms with Crippen LogP contribution in [0.2, 0.25) is 30.7 Å². The van der Waals surface area contributed by atoms with Gasteiger partial charge in [-0.2, -0.15) is 0 Å². The van der Waals surface area contributed by atoms with Crippen molar-refractivity contribution >= 4 is 48.8 Å². The molecule has 0 aromatic heterocycles. The van der Waals surface area contributed by atoms with Crippen LogP contribution in [0, 0.1) is 0 Å². The maximum absolute atomic E-state index is 11.0. The molecule has 0 heterocycles. The van der Waals surface area contributed by atoms with Gasteiger partial charge in [-0.25, -0.2) is 4.79 Å². The van der Waals surface area contributed by atoms with Crippen LogP contribution in [0.5, 0.6) is 0 Å². The summed E-state index contributed by atoms with van der Waals surface area (Å²) >= 11 is 7.66. The standard InChI is InChI=1S/C12H19ClN2O2SSi/c1-19(2,3)5-4-18-11-8(14)6-7(12(16)17)10(15)9(11)13/h6H,4-5,14-15H2,1-3H3,(H,16,17). The first-order chi connectivity index (χ1) is 8.63. The van der Waals surface area contributed by atoms with Crippen molar-refractivity contribution in [3.8, 4) is 0 Å². The Labute approximate surface area is 123 Å². The number of nitrogens with two attached hydrogens (primary N) is 2. The number of carbonyl (C=O) groups is 1. The van der Waals surface area contributed by atoms with Gasteiger partial charge in [0.25, 0.3) is 0 Å². The van der Waals surface area contributed by atoms with Crippen LogP contribution in [0.1, 0.15) is 10.4 Å². The summed E-state index contributed by atoms with van der Waals surface area (Å²) < 4.78 is 0. The van der Waals surface area contributed by atoms with Crippen LogP contribution in [0.25, 0.3) is 0 Å². The molecular weight excluding hydrogens is 300 g/mol. The third-order valence-corrected chi connectivity index (χ3v) is 6.37. The van der Waals surface area contributed by atoms with Crippen molar-refractivity contribution < 1.29 is 9.90 Å². The van der Waals surface area contributed by atoms with Crippen molar-refractivity contribution in [2.24, 2.45) is 0 Å². The Bertz CT molecular complexity index is 503. The first kappa shape index (κ1) is 16.2. The molecule has 0 radical (unpaired) electrons. The molecule has 0 aliphatic carbocycles. The molecule has 0 bridgehead atoms. The zero-order valence-electron chi connectivity index (χ0n) is 11.3. The van der Waals surface area contributed by atoms with Crippen LogP contribution < -0.4 is 11.5 Å². The van der Waals surface area contributed by atoms with Gasteiger partial charge in [-0.05, 0) is 17.9 Å². The zero-order chi connectivity index (χ0) is 14.8. The van der Waals surface area contributed by atoms with E-state index < -0.39 is 14.0 Å². The summed E-state index contributed by atoms with van der Waals surface area (Å²) in [5.74, 6) is -0.212. The fourth-order valence-electron chi connectivity index (χ4n) is 1.45. The fraction of sp³-hybridized carbons (Fsp3) is 0.417. The van der Waals surface area contributed by atoms with Gasteiger partial charge in [0.15, 0.2) is 0 Å². The van der Waals surface area contributed by atoms with E-state index in [-0.39, 0.29) is 16.3 Å². The summed E-state index contributed by atoms with van der Waals surface area (Å²) in [7, 11) is -1.12. The molecule has 1 rings (SSSR count). The van der Waals surface area contributed by atoms with Crippen molar-refractivity contribution in [2.75, 3.05) is 17.2 Å². The van der Waals surface area contributed by atoms with Crippen molar-refractivity contribution in [3.63, 3.8) is 0 Å². The van der Waals surface area contributed by atoms with Crippen molar-refractivity contribution in [1.82, 2.24) is 0 Å². The molecule has 0 aliphatic rings. The van der Waals surface area contributed by atoms with Gasteiger partial charge in [0, 0.05) is 13.8 Å². The fourth-order valence-corrected chi connectivity index (χ4v) is 5.35. The minimum atomic E-state index is -1.12. The van der Waals surface area contributed by atoms with Crippen LogP contribution in [-0.4, -0.2) is 24.9 Å². The summed E-state index contributed by atoms with van der Waals surface area (Å²) in [6, 6.07) is 2.51. The normalized spacial score (nSPS) is 11.6. The van der Waals surface area contributed by atoms with Gasteiger partial charge in [0.2, 0.25) is 0 Å². The highest BCUT2D eigenvalue weighted by Crippen LogP contribution is 2.39. The Morgan fingerprint density at radius 1 is 1.42 bits per heavy atom. The molecule has 5 N–H and O–H groups in total. The number of rotatable bonds is 5. The molecule has 106 valence electrons. The second kappa shape index (κ2) is 6.07. The maximum Gasteiger partial charge on any atom is 0.337 e. The Hall–Kier alpha value is -0.853. The number of carboxylic acids is 1. The van der Waals surface area contributed by atoms with Crippen LogP contribution in [0.15, 0.2) is 11.0 Å². The van der Waals surface area contributed by atoms with E-state index in [2.05, 4.69) is 19.6 Å². The minimum Gasteiger partial charge on any atom is -0.478 e. The Morgan fingerprint density at radius 2 is 2.00 bits per heavy atom. The number of anilines is 2. The predicted octanol–water partition coefficient (Wildman–Crippen LogP) is 3.63. The predicted molar refractivity (Wildman–Crippen MR) is 86.1 cm³/mol. The van der Waals surface area contributed by atoms with Gasteiger partial charge in [-0.1, -0.05) is 31.2 Å². The highest BCUT2D eigenvalue weighted by molar-refractivity contribution is 7.99. The van der Waals surface area contributed by atoms with Crippen LogP contribution in [0.4, 0.5) is 11.4 Å². The topological polar surface area (TPSA) is 89.3 Å². The monoisotopic (exact) mass is 318 g/mol. The lowest BCUT2D eigenvalue weighted by Gasteiger charge is -2.17. The summed E-state index contributed by atoms with van der Waals surface area (Å²) in [5.41, 5.74) is 12.0. The molecule has 0 aliphatic heterocycles. The average molecular weight is 319 g/mol. The van der Waals surface area contributed by atoms with E-state index in [1.807, 2.05) is 0 Å². The lowest BCUT2D eigenvalue weighted by Crippen LogP contribution is -2.19.